The monoisotopic (exact) mass is 724 g/mol. The third kappa shape index (κ3) is 8.83. The molecule has 1 aliphatic rings. The molecular formula is C39H32O14. The van der Waals surface area contributed by atoms with E-state index in [2.05, 4.69) is 0 Å². The van der Waals surface area contributed by atoms with Crippen molar-refractivity contribution in [1.82, 2.24) is 0 Å². The lowest BCUT2D eigenvalue weighted by Crippen LogP contribution is -2.61. The number of benzene rings is 4. The molecule has 6 N–H and O–H groups in total. The summed E-state index contributed by atoms with van der Waals surface area (Å²) < 4.78 is 28.2. The Morgan fingerprint density at radius 1 is 0.717 bits per heavy atom. The van der Waals surface area contributed by atoms with E-state index in [1.165, 1.54) is 84.9 Å². The van der Waals surface area contributed by atoms with Gasteiger partial charge in [-0.25, -0.2) is 9.59 Å². The lowest BCUT2D eigenvalue weighted by molar-refractivity contribution is -0.281. The number of rotatable bonds is 10. The van der Waals surface area contributed by atoms with Crippen LogP contribution in [-0.2, 0) is 23.8 Å². The number of aliphatic hydroxyl groups is 2. The van der Waals surface area contributed by atoms with Crippen molar-refractivity contribution in [3.63, 3.8) is 0 Å². The standard InChI is InChI=1S/C39H32O14/c40-24-9-1-21(2-10-24)5-15-33(45)49-20-32-36(47)38(53-34(46)16-6-22-3-11-25(41)12-4-22)37(48)39(52-32)50-27-17-28(43)35-29(44)19-30(51-31(35)18-27)23-7-13-26(42)14-8-23/h1-19,32,36-43,47-48H,20H2/t32-,36-,37-,38+,39-/m1/s1. The Bertz CT molecular complexity index is 2210. The molecule has 0 radical (unpaired) electrons. The summed E-state index contributed by atoms with van der Waals surface area (Å²) in [6.45, 7) is -0.586. The van der Waals surface area contributed by atoms with E-state index in [9.17, 15) is 45.0 Å². The fourth-order valence-electron chi connectivity index (χ4n) is 5.38. The van der Waals surface area contributed by atoms with E-state index >= 15 is 0 Å². The van der Waals surface area contributed by atoms with E-state index < -0.39 is 60.4 Å². The third-order valence-electron chi connectivity index (χ3n) is 8.08. The van der Waals surface area contributed by atoms with Crippen LogP contribution in [0, 0.1) is 0 Å². The quantitative estimate of drug-likeness (QED) is 0.0886. The maximum Gasteiger partial charge on any atom is 0.331 e. The summed E-state index contributed by atoms with van der Waals surface area (Å²) in [5.41, 5.74) is 0.892. The number of hydrogen-bond acceptors (Lipinski definition) is 14. The normalized spacial score (nSPS) is 20.1. The van der Waals surface area contributed by atoms with E-state index in [4.69, 9.17) is 23.4 Å². The van der Waals surface area contributed by atoms with Gasteiger partial charge in [-0.15, -0.1) is 0 Å². The molecule has 0 saturated carbocycles. The minimum absolute atomic E-state index is 0.00246. The number of esters is 2. The second-order valence-corrected chi connectivity index (χ2v) is 11.9. The van der Waals surface area contributed by atoms with Crippen molar-refractivity contribution in [3.8, 4) is 40.1 Å². The molecule has 4 aromatic carbocycles. The van der Waals surface area contributed by atoms with Gasteiger partial charge < -0.3 is 54.0 Å². The van der Waals surface area contributed by atoms with Crippen molar-refractivity contribution < 1.29 is 63.6 Å². The maximum absolute atomic E-state index is 12.9. The maximum atomic E-state index is 12.9. The Morgan fingerprint density at radius 2 is 1.28 bits per heavy atom. The predicted molar refractivity (Wildman–Crippen MR) is 188 cm³/mol. The highest BCUT2D eigenvalue weighted by molar-refractivity contribution is 5.88. The number of fused-ring (bicyclic) bond motifs is 1. The van der Waals surface area contributed by atoms with Crippen LogP contribution in [0.5, 0.6) is 28.7 Å². The van der Waals surface area contributed by atoms with Gasteiger partial charge in [-0.3, -0.25) is 4.79 Å². The van der Waals surface area contributed by atoms with Crippen molar-refractivity contribution in [2.45, 2.75) is 30.7 Å². The van der Waals surface area contributed by atoms with E-state index in [0.29, 0.717) is 16.7 Å². The Kier molecular flexibility index (Phi) is 10.7. The molecule has 0 amide bonds. The van der Waals surface area contributed by atoms with Crippen LogP contribution in [0.1, 0.15) is 11.1 Å². The van der Waals surface area contributed by atoms with Gasteiger partial charge in [0.15, 0.2) is 17.6 Å². The fraction of sp³-hybridized carbons (Fsp3) is 0.154. The van der Waals surface area contributed by atoms with E-state index in [1.807, 2.05) is 0 Å². The summed E-state index contributed by atoms with van der Waals surface area (Å²) in [6, 6.07) is 21.2. The molecule has 272 valence electrons. The summed E-state index contributed by atoms with van der Waals surface area (Å²) in [4.78, 5) is 38.3. The van der Waals surface area contributed by atoms with Gasteiger partial charge in [0, 0.05) is 35.9 Å². The lowest BCUT2D eigenvalue weighted by Gasteiger charge is -2.41. The zero-order valence-corrected chi connectivity index (χ0v) is 27.5. The van der Waals surface area contributed by atoms with Crippen molar-refractivity contribution in [1.29, 1.82) is 0 Å². The topological polar surface area (TPSA) is 223 Å². The second-order valence-electron chi connectivity index (χ2n) is 11.9. The van der Waals surface area contributed by atoms with Crippen molar-refractivity contribution >= 4 is 35.1 Å². The van der Waals surface area contributed by atoms with Crippen LogP contribution in [-0.4, -0.2) is 79.9 Å². The average Bonchev–Trinajstić information content (AvgIpc) is 3.13. The van der Waals surface area contributed by atoms with E-state index in [0.717, 1.165) is 18.2 Å². The van der Waals surface area contributed by atoms with Crippen LogP contribution >= 0.6 is 0 Å². The number of carbonyl (C=O) groups excluding carboxylic acids is 2. The number of aromatic hydroxyl groups is 4. The van der Waals surface area contributed by atoms with Gasteiger partial charge in [0.2, 0.25) is 6.29 Å². The van der Waals surface area contributed by atoms with Gasteiger partial charge in [0.05, 0.1) is 0 Å². The first-order valence-electron chi connectivity index (χ1n) is 16.0. The smallest absolute Gasteiger partial charge is 0.331 e. The number of carbonyl (C=O) groups is 2. The van der Waals surface area contributed by atoms with Crippen molar-refractivity contribution in [3.05, 3.63) is 124 Å². The molecule has 1 aliphatic heterocycles. The van der Waals surface area contributed by atoms with Gasteiger partial charge in [0.25, 0.3) is 0 Å². The van der Waals surface area contributed by atoms with Gasteiger partial charge in [-0.05, 0) is 71.8 Å². The predicted octanol–water partition coefficient (Wildman–Crippen LogP) is 3.99. The fourth-order valence-corrected chi connectivity index (χ4v) is 5.38. The molecule has 1 fully saturated rings. The zero-order valence-electron chi connectivity index (χ0n) is 27.5. The van der Waals surface area contributed by atoms with Crippen LogP contribution in [0.4, 0.5) is 0 Å². The zero-order chi connectivity index (χ0) is 37.6. The molecule has 1 saturated heterocycles. The number of phenolic OH excluding ortho intramolecular Hbond substituents is 4. The highest BCUT2D eigenvalue weighted by Crippen LogP contribution is 2.34. The molecule has 0 aliphatic carbocycles. The van der Waals surface area contributed by atoms with Crippen LogP contribution < -0.4 is 10.2 Å². The van der Waals surface area contributed by atoms with Gasteiger partial charge in [-0.1, -0.05) is 24.3 Å². The number of aliphatic hydroxyl groups excluding tert-OH is 2. The molecule has 1 aromatic heterocycles. The van der Waals surface area contributed by atoms with Crippen LogP contribution in [0.25, 0.3) is 34.4 Å². The first kappa shape index (κ1) is 36.2. The minimum atomic E-state index is -1.84. The Labute approximate surface area is 300 Å². The molecule has 14 heteroatoms. The Balaban J connectivity index is 1.24. The first-order chi connectivity index (χ1) is 25.4. The van der Waals surface area contributed by atoms with Gasteiger partial charge in [0.1, 0.15) is 64.3 Å². The van der Waals surface area contributed by atoms with Gasteiger partial charge in [-0.2, -0.15) is 0 Å². The number of ether oxygens (including phenoxy) is 4. The summed E-state index contributed by atoms with van der Waals surface area (Å²) in [7, 11) is 0. The number of hydrogen-bond donors (Lipinski definition) is 6. The molecule has 0 spiro atoms. The first-order valence-corrected chi connectivity index (χ1v) is 16.0. The Hall–Kier alpha value is -6.61. The van der Waals surface area contributed by atoms with E-state index in [1.54, 1.807) is 12.1 Å². The Morgan fingerprint density at radius 3 is 1.89 bits per heavy atom. The second kappa shape index (κ2) is 15.7. The highest BCUT2D eigenvalue weighted by Gasteiger charge is 2.48. The van der Waals surface area contributed by atoms with Crippen LogP contribution in [0.3, 0.4) is 0 Å². The molecule has 0 bridgehead atoms. The van der Waals surface area contributed by atoms with Crippen LogP contribution in [0.15, 0.2) is 112 Å². The molecule has 5 atom stereocenters. The molecular weight excluding hydrogens is 692 g/mol. The molecule has 2 heterocycles. The molecule has 5 aromatic rings. The van der Waals surface area contributed by atoms with Gasteiger partial charge >= 0.3 is 11.9 Å². The summed E-state index contributed by atoms with van der Waals surface area (Å²) in [5.74, 6) is -2.31. The highest BCUT2D eigenvalue weighted by atomic mass is 16.7. The van der Waals surface area contributed by atoms with E-state index in [-0.39, 0.29) is 39.7 Å². The molecule has 6 rings (SSSR count). The van der Waals surface area contributed by atoms with Crippen molar-refractivity contribution in [2.75, 3.05) is 6.61 Å². The third-order valence-corrected chi connectivity index (χ3v) is 8.08. The summed E-state index contributed by atoms with van der Waals surface area (Å²) in [6.07, 6.45) is -3.42. The number of phenols is 4. The van der Waals surface area contributed by atoms with Crippen LogP contribution in [0.2, 0.25) is 0 Å². The molecule has 14 nitrogen and oxygen atoms in total. The molecule has 53 heavy (non-hydrogen) atoms. The average molecular weight is 725 g/mol. The van der Waals surface area contributed by atoms with Crippen molar-refractivity contribution in [2.24, 2.45) is 0 Å². The summed E-state index contributed by atoms with van der Waals surface area (Å²) in [5, 5.41) is 61.6. The lowest BCUT2D eigenvalue weighted by atomic mass is 9.99. The minimum Gasteiger partial charge on any atom is -0.508 e. The molecule has 0 unspecified atom stereocenters. The largest absolute Gasteiger partial charge is 0.508 e. The SMILES string of the molecule is O=C(C=Cc1ccc(O)cc1)OC[C@H]1O[C@@H](Oc2cc(O)c3c(=O)cc(-c4ccc(O)cc4)oc3c2)[C@H](O)[C@@H](OC(=O)C=Cc2ccc(O)cc2)[C@@H]1O. The summed E-state index contributed by atoms with van der Waals surface area (Å²) >= 11 is 0.